The van der Waals surface area contributed by atoms with E-state index in [0.717, 1.165) is 40.1 Å². The minimum absolute atomic E-state index is 0.880. The molecular formula is C17H22BrN5S. The molecule has 3 heterocycles. The van der Waals surface area contributed by atoms with Crippen molar-refractivity contribution >= 4 is 27.7 Å². The number of piperidine rings is 1. The van der Waals surface area contributed by atoms with E-state index in [1.165, 1.54) is 38.9 Å². The summed E-state index contributed by atoms with van der Waals surface area (Å²) in [6, 6.07) is 8.29. The summed E-state index contributed by atoms with van der Waals surface area (Å²) in [5, 5.41) is 9.83. The second kappa shape index (κ2) is 7.56. The Hall–Kier alpha value is -0.890. The van der Waals surface area contributed by atoms with Gasteiger partial charge in [0.15, 0.2) is 11.0 Å². The molecule has 2 aliphatic heterocycles. The van der Waals surface area contributed by atoms with Gasteiger partial charge in [-0.05, 0) is 38.1 Å². The predicted molar refractivity (Wildman–Crippen MR) is 101 cm³/mol. The van der Waals surface area contributed by atoms with Crippen LogP contribution in [-0.2, 0) is 6.67 Å². The van der Waals surface area contributed by atoms with Gasteiger partial charge in [0.05, 0.1) is 12.5 Å². The third kappa shape index (κ3) is 3.69. The smallest absolute Gasteiger partial charge is 0.193 e. The van der Waals surface area contributed by atoms with Crippen LogP contribution in [0, 0.1) is 0 Å². The molecule has 0 unspecified atom stereocenters. The highest BCUT2D eigenvalue weighted by molar-refractivity contribution is 9.10. The van der Waals surface area contributed by atoms with Crippen LogP contribution < -0.4 is 0 Å². The van der Waals surface area contributed by atoms with E-state index in [2.05, 4.69) is 52.6 Å². The second-order valence-corrected chi connectivity index (χ2v) is 8.28. The quantitative estimate of drug-likeness (QED) is 0.774. The summed E-state index contributed by atoms with van der Waals surface area (Å²) in [6.07, 6.45) is 4.12. The Bertz CT molecular complexity index is 698. The Labute approximate surface area is 155 Å². The van der Waals surface area contributed by atoms with E-state index in [1.54, 1.807) is 11.8 Å². The largest absolute Gasteiger partial charge is 0.302 e. The molecule has 2 aromatic rings. The molecule has 0 bridgehead atoms. The fraction of sp³-hybridized carbons (Fsp3) is 0.529. The lowest BCUT2D eigenvalue weighted by atomic mass is 10.1. The van der Waals surface area contributed by atoms with Crippen LogP contribution in [0.3, 0.4) is 0 Å². The van der Waals surface area contributed by atoms with Crippen molar-refractivity contribution in [2.24, 2.45) is 0 Å². The van der Waals surface area contributed by atoms with E-state index in [-0.39, 0.29) is 0 Å². The monoisotopic (exact) mass is 407 g/mol. The van der Waals surface area contributed by atoms with Crippen molar-refractivity contribution in [2.45, 2.75) is 31.1 Å². The molecule has 2 aliphatic rings. The number of benzene rings is 1. The number of aromatic nitrogens is 3. The molecule has 5 nitrogen and oxygen atoms in total. The summed E-state index contributed by atoms with van der Waals surface area (Å²) < 4.78 is 3.31. The number of thioether (sulfide) groups is 1. The first-order chi connectivity index (χ1) is 11.8. The van der Waals surface area contributed by atoms with E-state index in [4.69, 9.17) is 0 Å². The van der Waals surface area contributed by atoms with Crippen LogP contribution >= 0.6 is 27.7 Å². The molecule has 4 rings (SSSR count). The Morgan fingerprint density at radius 3 is 2.71 bits per heavy atom. The van der Waals surface area contributed by atoms with Gasteiger partial charge >= 0.3 is 0 Å². The summed E-state index contributed by atoms with van der Waals surface area (Å²) in [5.41, 5.74) is 1.11. The first kappa shape index (κ1) is 16.6. The number of hydrogen-bond acceptors (Lipinski definition) is 5. The molecule has 0 N–H and O–H groups in total. The lowest BCUT2D eigenvalue weighted by Gasteiger charge is -2.32. The molecule has 7 heteroatoms. The van der Waals surface area contributed by atoms with Crippen molar-refractivity contribution in [3.05, 3.63) is 28.7 Å². The molecular weight excluding hydrogens is 386 g/mol. The average Bonchev–Trinajstić information content (AvgIpc) is 3.04. The lowest BCUT2D eigenvalue weighted by molar-refractivity contribution is 0.169. The van der Waals surface area contributed by atoms with Gasteiger partial charge in [-0.3, -0.25) is 9.47 Å². The molecule has 1 saturated heterocycles. The molecule has 1 aromatic heterocycles. The first-order valence-electron chi connectivity index (χ1n) is 8.56. The van der Waals surface area contributed by atoms with Gasteiger partial charge in [0, 0.05) is 23.1 Å². The molecule has 128 valence electrons. The zero-order valence-electron chi connectivity index (χ0n) is 13.7. The van der Waals surface area contributed by atoms with E-state index in [0.29, 0.717) is 0 Å². The van der Waals surface area contributed by atoms with Crippen molar-refractivity contribution in [1.82, 2.24) is 24.6 Å². The maximum Gasteiger partial charge on any atom is 0.193 e. The normalized spacial score (nSPS) is 19.4. The number of fused-ring (bicyclic) bond motifs is 1. The van der Waals surface area contributed by atoms with Gasteiger partial charge in [-0.2, -0.15) is 0 Å². The van der Waals surface area contributed by atoms with E-state index < -0.39 is 0 Å². The summed E-state index contributed by atoms with van der Waals surface area (Å²) >= 11 is 5.33. The Balaban J connectivity index is 1.45. The maximum absolute atomic E-state index is 4.43. The molecule has 0 spiro atoms. The van der Waals surface area contributed by atoms with Gasteiger partial charge in [0.25, 0.3) is 0 Å². The highest BCUT2D eigenvalue weighted by atomic mass is 79.9. The Morgan fingerprint density at radius 2 is 1.88 bits per heavy atom. The standard InChI is InChI=1S/C17H22BrN5S/c18-15-6-4-5-14(11-15)16-19-20-17-23(16)12-22(13-24-17)10-9-21-7-2-1-3-8-21/h4-6,11H,1-3,7-10,12-13H2. The third-order valence-corrected chi connectivity index (χ3v) is 6.25. The number of rotatable bonds is 4. The zero-order valence-corrected chi connectivity index (χ0v) is 16.1. The van der Waals surface area contributed by atoms with Crippen molar-refractivity contribution in [3.8, 4) is 11.4 Å². The van der Waals surface area contributed by atoms with Crippen molar-refractivity contribution in [2.75, 3.05) is 32.1 Å². The molecule has 24 heavy (non-hydrogen) atoms. The maximum atomic E-state index is 4.43. The molecule has 1 aromatic carbocycles. The molecule has 0 saturated carbocycles. The predicted octanol–water partition coefficient (Wildman–Crippen LogP) is 3.52. The van der Waals surface area contributed by atoms with Crippen molar-refractivity contribution < 1.29 is 0 Å². The third-order valence-electron chi connectivity index (χ3n) is 4.70. The van der Waals surface area contributed by atoms with Gasteiger partial charge in [-0.15, -0.1) is 10.2 Å². The molecule has 1 fully saturated rings. The minimum Gasteiger partial charge on any atom is -0.302 e. The SMILES string of the molecule is Brc1cccc(-c2nnc3n2CN(CCN2CCCCC2)CS3)c1. The number of nitrogens with zero attached hydrogens (tertiary/aromatic N) is 5. The van der Waals surface area contributed by atoms with Gasteiger partial charge in [-0.25, -0.2) is 0 Å². The van der Waals surface area contributed by atoms with Gasteiger partial charge in [0.1, 0.15) is 0 Å². The Morgan fingerprint density at radius 1 is 1.04 bits per heavy atom. The molecule has 0 aliphatic carbocycles. The van der Waals surface area contributed by atoms with Crippen molar-refractivity contribution in [3.63, 3.8) is 0 Å². The average molecular weight is 408 g/mol. The van der Waals surface area contributed by atoms with Gasteiger partial charge < -0.3 is 4.90 Å². The van der Waals surface area contributed by atoms with E-state index >= 15 is 0 Å². The first-order valence-corrected chi connectivity index (χ1v) is 10.3. The van der Waals surface area contributed by atoms with Crippen LogP contribution in [0.15, 0.2) is 33.9 Å². The van der Waals surface area contributed by atoms with Gasteiger partial charge in [-0.1, -0.05) is 46.2 Å². The highest BCUT2D eigenvalue weighted by Crippen LogP contribution is 2.29. The van der Waals surface area contributed by atoms with Crippen LogP contribution in [0.1, 0.15) is 19.3 Å². The topological polar surface area (TPSA) is 37.2 Å². The molecule has 0 atom stereocenters. The second-order valence-electron chi connectivity index (χ2n) is 6.46. The summed E-state index contributed by atoms with van der Waals surface area (Å²) in [5.74, 6) is 1.96. The number of likely N-dealkylation sites (tertiary alicyclic amines) is 1. The molecule has 0 amide bonds. The van der Waals surface area contributed by atoms with Crippen LogP contribution in [0.5, 0.6) is 0 Å². The summed E-state index contributed by atoms with van der Waals surface area (Å²) in [6.45, 7) is 5.70. The number of halogens is 1. The van der Waals surface area contributed by atoms with Gasteiger partial charge in [0.2, 0.25) is 0 Å². The number of hydrogen-bond donors (Lipinski definition) is 0. The van der Waals surface area contributed by atoms with E-state index in [9.17, 15) is 0 Å². The zero-order chi connectivity index (χ0) is 16.4. The lowest BCUT2D eigenvalue weighted by Crippen LogP contribution is -2.39. The van der Waals surface area contributed by atoms with Crippen LogP contribution in [0.25, 0.3) is 11.4 Å². The van der Waals surface area contributed by atoms with Crippen molar-refractivity contribution in [1.29, 1.82) is 0 Å². The minimum atomic E-state index is 0.880. The Kier molecular flexibility index (Phi) is 5.22. The van der Waals surface area contributed by atoms with Crippen LogP contribution in [0.4, 0.5) is 0 Å². The fourth-order valence-electron chi connectivity index (χ4n) is 3.36. The fourth-order valence-corrected chi connectivity index (χ4v) is 4.66. The highest BCUT2D eigenvalue weighted by Gasteiger charge is 2.23. The summed E-state index contributed by atoms with van der Waals surface area (Å²) in [4.78, 5) is 5.10. The summed E-state index contributed by atoms with van der Waals surface area (Å²) in [7, 11) is 0. The van der Waals surface area contributed by atoms with E-state index in [1.807, 2.05) is 12.1 Å². The van der Waals surface area contributed by atoms with Crippen LogP contribution in [-0.4, -0.2) is 56.6 Å². The molecule has 0 radical (unpaired) electrons. The van der Waals surface area contributed by atoms with Crippen LogP contribution in [0.2, 0.25) is 0 Å².